The highest BCUT2D eigenvalue weighted by atomic mass is 35.5. The van der Waals surface area contributed by atoms with Crippen molar-refractivity contribution in [2.24, 2.45) is 10.9 Å². The van der Waals surface area contributed by atoms with Crippen molar-refractivity contribution in [2.75, 3.05) is 31.1 Å². The smallest absolute Gasteiger partial charge is 0.234 e. The first-order valence-electron chi connectivity index (χ1n) is 11.1. The number of amides is 1. The van der Waals surface area contributed by atoms with Gasteiger partial charge >= 0.3 is 0 Å². The summed E-state index contributed by atoms with van der Waals surface area (Å²) in [6.07, 6.45) is 0. The molecule has 1 aromatic heterocycles. The second kappa shape index (κ2) is 8.84. The van der Waals surface area contributed by atoms with Gasteiger partial charge in [-0.15, -0.1) is 0 Å². The minimum Gasteiger partial charge on any atom is -0.368 e. The summed E-state index contributed by atoms with van der Waals surface area (Å²) in [7, 11) is 0. The van der Waals surface area contributed by atoms with Crippen LogP contribution >= 0.6 is 23.2 Å². The number of hydrogen-bond donors (Lipinski definition) is 0. The topological polar surface area (TPSA) is 53.7 Å². The average Bonchev–Trinajstić information content (AvgIpc) is 3.19. The van der Waals surface area contributed by atoms with Gasteiger partial charge in [0.15, 0.2) is 5.82 Å². The Labute approximate surface area is 203 Å². The number of nitrogens with zero attached hydrogens (tertiary/aromatic N) is 5. The molecular weight excluding hydrogens is 457 g/mol. The number of benzene rings is 2. The van der Waals surface area contributed by atoms with E-state index in [0.717, 1.165) is 35.9 Å². The molecule has 6 nitrogen and oxygen atoms in total. The van der Waals surface area contributed by atoms with Crippen molar-refractivity contribution >= 4 is 46.3 Å². The average molecular weight is 482 g/mol. The third-order valence-electron chi connectivity index (χ3n) is 6.42. The number of halogens is 2. The number of hydrogen-bond acceptors (Lipinski definition) is 4. The number of piperazine rings is 1. The Morgan fingerprint density at radius 3 is 2.36 bits per heavy atom. The van der Waals surface area contributed by atoms with Crippen molar-refractivity contribution in [3.8, 4) is 0 Å². The second-order valence-electron chi connectivity index (χ2n) is 8.59. The maximum Gasteiger partial charge on any atom is 0.234 e. The monoisotopic (exact) mass is 481 g/mol. The molecule has 33 heavy (non-hydrogen) atoms. The van der Waals surface area contributed by atoms with E-state index in [0.29, 0.717) is 23.1 Å². The highest BCUT2D eigenvalue weighted by molar-refractivity contribution is 6.42. The van der Waals surface area contributed by atoms with Crippen LogP contribution in [0.1, 0.15) is 24.2 Å². The predicted molar refractivity (Wildman–Crippen MR) is 133 cm³/mol. The lowest BCUT2D eigenvalue weighted by atomic mass is 9.87. The van der Waals surface area contributed by atoms with Crippen LogP contribution in [-0.2, 0) is 4.79 Å². The molecule has 3 heterocycles. The number of fused-ring (bicyclic) bond motifs is 1. The number of anilines is 1. The van der Waals surface area contributed by atoms with Crippen molar-refractivity contribution in [3.05, 3.63) is 75.9 Å². The summed E-state index contributed by atoms with van der Waals surface area (Å²) in [6.45, 7) is 6.78. The zero-order valence-corrected chi connectivity index (χ0v) is 20.1. The number of para-hydroxylation sites is 1. The first kappa shape index (κ1) is 22.0. The van der Waals surface area contributed by atoms with Crippen molar-refractivity contribution < 1.29 is 4.79 Å². The number of aliphatic imine (C=N–C) groups is 1. The molecule has 0 radical (unpaired) electrons. The molecule has 8 heteroatoms. The zero-order chi connectivity index (χ0) is 23.1. The van der Waals surface area contributed by atoms with Crippen molar-refractivity contribution in [1.82, 2.24) is 14.7 Å². The van der Waals surface area contributed by atoms with E-state index in [2.05, 4.69) is 22.1 Å². The summed E-state index contributed by atoms with van der Waals surface area (Å²) in [5, 5.41) is 5.62. The van der Waals surface area contributed by atoms with Crippen LogP contribution in [0.5, 0.6) is 0 Å². The first-order valence-corrected chi connectivity index (χ1v) is 11.8. The van der Waals surface area contributed by atoms with Gasteiger partial charge in [0, 0.05) is 43.6 Å². The number of aromatic nitrogens is 2. The fourth-order valence-electron chi connectivity index (χ4n) is 4.78. The molecule has 1 fully saturated rings. The number of carbonyl (C=O) groups excluding carboxylic acids is 1. The van der Waals surface area contributed by atoms with Crippen LogP contribution < -0.4 is 4.90 Å². The molecule has 1 saturated heterocycles. The standard InChI is InChI=1S/C25H25Cl2N5O/c1-16-14-22-28-17(2)23(24(32(22)29-16)18-8-9-20(26)21(27)15-18)25(33)31-12-10-30(11-13-31)19-6-4-3-5-7-19/h3-9,14-15,23-24H,10-13H2,1-2H3. The van der Waals surface area contributed by atoms with Crippen LogP contribution in [-0.4, -0.2) is 52.5 Å². The van der Waals surface area contributed by atoms with E-state index in [1.807, 2.05) is 59.8 Å². The van der Waals surface area contributed by atoms with Gasteiger partial charge in [0.2, 0.25) is 5.91 Å². The molecule has 2 aliphatic rings. The predicted octanol–water partition coefficient (Wildman–Crippen LogP) is 5.16. The summed E-state index contributed by atoms with van der Waals surface area (Å²) in [5.74, 6) is 0.357. The lowest BCUT2D eigenvalue weighted by Crippen LogP contribution is -2.53. The Morgan fingerprint density at radius 1 is 0.939 bits per heavy atom. The Balaban J connectivity index is 1.45. The van der Waals surface area contributed by atoms with Gasteiger partial charge in [-0.05, 0) is 43.7 Å². The van der Waals surface area contributed by atoms with Crippen LogP contribution in [0.3, 0.4) is 0 Å². The molecule has 2 atom stereocenters. The zero-order valence-electron chi connectivity index (χ0n) is 18.6. The quantitative estimate of drug-likeness (QED) is 0.519. The maximum absolute atomic E-state index is 13.9. The minimum absolute atomic E-state index is 0.0684. The van der Waals surface area contributed by atoms with Gasteiger partial charge in [-0.1, -0.05) is 47.5 Å². The molecule has 5 rings (SSSR count). The highest BCUT2D eigenvalue weighted by Gasteiger charge is 2.41. The van der Waals surface area contributed by atoms with E-state index in [9.17, 15) is 4.79 Å². The highest BCUT2D eigenvalue weighted by Crippen LogP contribution is 2.39. The molecule has 0 bridgehead atoms. The van der Waals surface area contributed by atoms with Gasteiger partial charge in [0.1, 0.15) is 5.92 Å². The summed E-state index contributed by atoms with van der Waals surface area (Å²) in [4.78, 5) is 22.9. The normalized spacial score (nSPS) is 20.4. The SMILES string of the molecule is CC1=Nc2cc(C)nn2C(c2ccc(Cl)c(Cl)c2)C1C(=O)N1CCN(c2ccccc2)CC1. The third-order valence-corrected chi connectivity index (χ3v) is 7.16. The Bertz CT molecular complexity index is 1210. The Kier molecular flexibility index (Phi) is 5.89. The number of carbonyl (C=O) groups is 1. The van der Waals surface area contributed by atoms with Crippen molar-refractivity contribution in [3.63, 3.8) is 0 Å². The van der Waals surface area contributed by atoms with Crippen LogP contribution in [0.25, 0.3) is 0 Å². The Hall–Kier alpha value is -2.83. The fraction of sp³-hybridized carbons (Fsp3) is 0.320. The second-order valence-corrected chi connectivity index (χ2v) is 9.40. The van der Waals surface area contributed by atoms with E-state index in [1.165, 1.54) is 5.69 Å². The Morgan fingerprint density at radius 2 is 1.67 bits per heavy atom. The molecule has 2 unspecified atom stereocenters. The largest absolute Gasteiger partial charge is 0.368 e. The van der Waals surface area contributed by atoms with Crippen LogP contribution in [0.15, 0.2) is 59.6 Å². The molecule has 0 saturated carbocycles. The lowest BCUT2D eigenvalue weighted by molar-refractivity contribution is -0.134. The molecule has 2 aromatic carbocycles. The summed E-state index contributed by atoms with van der Waals surface area (Å²) < 4.78 is 1.85. The molecule has 0 N–H and O–H groups in total. The molecule has 0 spiro atoms. The van der Waals surface area contributed by atoms with Gasteiger partial charge in [-0.3, -0.25) is 4.79 Å². The van der Waals surface area contributed by atoms with Crippen molar-refractivity contribution in [1.29, 1.82) is 0 Å². The van der Waals surface area contributed by atoms with Crippen LogP contribution in [0, 0.1) is 12.8 Å². The maximum atomic E-state index is 13.9. The van der Waals surface area contributed by atoms with Crippen LogP contribution in [0.2, 0.25) is 10.0 Å². The van der Waals surface area contributed by atoms with E-state index in [1.54, 1.807) is 6.07 Å². The first-order chi connectivity index (χ1) is 15.9. The summed E-state index contributed by atoms with van der Waals surface area (Å²) in [5.41, 5.74) is 3.72. The minimum atomic E-state index is -0.461. The summed E-state index contributed by atoms with van der Waals surface area (Å²) in [6, 6.07) is 17.5. The molecule has 2 aliphatic heterocycles. The molecule has 170 valence electrons. The van der Waals surface area contributed by atoms with Crippen LogP contribution in [0.4, 0.5) is 11.5 Å². The van der Waals surface area contributed by atoms with E-state index in [-0.39, 0.29) is 11.9 Å². The number of rotatable bonds is 3. The summed E-state index contributed by atoms with van der Waals surface area (Å²) >= 11 is 12.5. The van der Waals surface area contributed by atoms with Gasteiger partial charge in [0.05, 0.1) is 21.8 Å². The van der Waals surface area contributed by atoms with Gasteiger partial charge in [-0.25, -0.2) is 9.67 Å². The van der Waals surface area contributed by atoms with Gasteiger partial charge in [0.25, 0.3) is 0 Å². The molecular formula is C25H25Cl2N5O. The fourth-order valence-corrected chi connectivity index (χ4v) is 5.08. The van der Waals surface area contributed by atoms with E-state index < -0.39 is 5.92 Å². The molecule has 1 amide bonds. The van der Waals surface area contributed by atoms with Gasteiger partial charge < -0.3 is 9.80 Å². The third kappa shape index (κ3) is 4.13. The van der Waals surface area contributed by atoms with Crippen molar-refractivity contribution in [2.45, 2.75) is 19.9 Å². The lowest BCUT2D eigenvalue weighted by Gasteiger charge is -2.40. The number of aryl methyl sites for hydroxylation is 1. The molecule has 3 aromatic rings. The van der Waals surface area contributed by atoms with E-state index >= 15 is 0 Å². The van der Waals surface area contributed by atoms with Gasteiger partial charge in [-0.2, -0.15) is 5.10 Å². The molecule has 0 aliphatic carbocycles. The van der Waals surface area contributed by atoms with E-state index in [4.69, 9.17) is 28.2 Å².